The number of aromatic nitrogens is 2. The Morgan fingerprint density at radius 2 is 2.14 bits per heavy atom. The molecular formula is C14H15N3O3S. The monoisotopic (exact) mass is 305 g/mol. The highest BCUT2D eigenvalue weighted by atomic mass is 32.2. The molecule has 0 fully saturated rings. The number of methoxy groups -OCH3 is 1. The molecule has 0 saturated heterocycles. The SMILES string of the molecule is CCS(=O)(=O)n1cc(-c2ccc(OC)c(CC#N)c2)cn1. The summed E-state index contributed by atoms with van der Waals surface area (Å²) in [6, 6.07) is 7.45. The van der Waals surface area contributed by atoms with Crippen molar-refractivity contribution in [1.82, 2.24) is 9.19 Å². The van der Waals surface area contributed by atoms with Gasteiger partial charge in [0.2, 0.25) is 0 Å². The number of nitrogens with zero attached hydrogens (tertiary/aromatic N) is 3. The van der Waals surface area contributed by atoms with Gasteiger partial charge in [-0.15, -0.1) is 0 Å². The molecule has 1 heterocycles. The second-order valence-electron chi connectivity index (χ2n) is 4.36. The minimum Gasteiger partial charge on any atom is -0.496 e. The van der Waals surface area contributed by atoms with E-state index in [2.05, 4.69) is 11.2 Å². The summed E-state index contributed by atoms with van der Waals surface area (Å²) in [5.74, 6) is 0.616. The van der Waals surface area contributed by atoms with E-state index >= 15 is 0 Å². The van der Waals surface area contributed by atoms with E-state index in [0.717, 1.165) is 15.2 Å². The summed E-state index contributed by atoms with van der Waals surface area (Å²) < 4.78 is 29.7. The minimum atomic E-state index is -3.39. The zero-order valence-corrected chi connectivity index (χ0v) is 12.6. The second kappa shape index (κ2) is 5.97. The third kappa shape index (κ3) is 3.06. The van der Waals surface area contributed by atoms with Crippen molar-refractivity contribution in [1.29, 1.82) is 5.26 Å². The fourth-order valence-corrected chi connectivity index (χ4v) is 2.65. The fourth-order valence-electron chi connectivity index (χ4n) is 1.92. The zero-order valence-electron chi connectivity index (χ0n) is 11.8. The smallest absolute Gasteiger partial charge is 0.253 e. The number of hydrogen-bond donors (Lipinski definition) is 0. The van der Waals surface area contributed by atoms with Crippen molar-refractivity contribution in [3.63, 3.8) is 0 Å². The highest BCUT2D eigenvalue weighted by Crippen LogP contribution is 2.27. The normalized spacial score (nSPS) is 11.1. The van der Waals surface area contributed by atoms with Gasteiger partial charge in [0.05, 0.1) is 37.7 Å². The van der Waals surface area contributed by atoms with Crippen LogP contribution in [-0.2, 0) is 16.4 Å². The summed E-state index contributed by atoms with van der Waals surface area (Å²) in [5, 5.41) is 12.7. The first-order valence-corrected chi connectivity index (χ1v) is 7.95. The first kappa shape index (κ1) is 15.1. The van der Waals surface area contributed by atoms with E-state index in [1.165, 1.54) is 12.4 Å². The molecule has 0 spiro atoms. The number of rotatable bonds is 5. The van der Waals surface area contributed by atoms with Crippen molar-refractivity contribution in [2.45, 2.75) is 13.3 Å². The van der Waals surface area contributed by atoms with Gasteiger partial charge in [-0.25, -0.2) is 8.42 Å². The van der Waals surface area contributed by atoms with Gasteiger partial charge in [-0.3, -0.25) is 0 Å². The fraction of sp³-hybridized carbons (Fsp3) is 0.286. The maximum absolute atomic E-state index is 11.8. The average Bonchev–Trinajstić information content (AvgIpc) is 2.98. The Bertz CT molecular complexity index is 788. The number of hydrogen-bond acceptors (Lipinski definition) is 5. The molecule has 110 valence electrons. The molecule has 0 atom stereocenters. The molecule has 7 heteroatoms. The summed E-state index contributed by atoms with van der Waals surface area (Å²) in [6.07, 6.45) is 3.18. The standard InChI is InChI=1S/C14H15N3O3S/c1-3-21(18,19)17-10-13(9-16-17)11-4-5-14(20-2)12(8-11)6-7-15/h4-5,8-10H,3,6H2,1-2H3. The molecule has 0 aliphatic rings. The van der Waals surface area contributed by atoms with E-state index in [1.54, 1.807) is 26.2 Å². The summed E-state index contributed by atoms with van der Waals surface area (Å²) in [7, 11) is -1.85. The predicted octanol–water partition coefficient (Wildman–Crippen LogP) is 1.82. The van der Waals surface area contributed by atoms with Crippen molar-refractivity contribution in [3.8, 4) is 22.9 Å². The van der Waals surface area contributed by atoms with Crippen molar-refractivity contribution in [2.24, 2.45) is 0 Å². The molecule has 0 N–H and O–H groups in total. The Morgan fingerprint density at radius 1 is 1.38 bits per heavy atom. The van der Waals surface area contributed by atoms with Gasteiger partial charge < -0.3 is 4.74 Å². The van der Waals surface area contributed by atoms with Gasteiger partial charge in [0.25, 0.3) is 10.0 Å². The van der Waals surface area contributed by atoms with Gasteiger partial charge in [-0.05, 0) is 24.6 Å². The molecule has 0 saturated carbocycles. The minimum absolute atomic E-state index is 0.0174. The molecule has 2 rings (SSSR count). The molecule has 0 radical (unpaired) electrons. The molecule has 1 aromatic carbocycles. The Kier molecular flexibility index (Phi) is 4.29. The van der Waals surface area contributed by atoms with E-state index in [4.69, 9.17) is 10.00 Å². The lowest BCUT2D eigenvalue weighted by Crippen LogP contribution is -2.14. The van der Waals surface area contributed by atoms with Crippen molar-refractivity contribution in [3.05, 3.63) is 36.2 Å². The van der Waals surface area contributed by atoms with E-state index in [1.807, 2.05) is 6.07 Å². The second-order valence-corrected chi connectivity index (χ2v) is 6.48. The Morgan fingerprint density at radius 3 is 2.76 bits per heavy atom. The van der Waals surface area contributed by atoms with Gasteiger partial charge in [0, 0.05) is 11.1 Å². The lowest BCUT2D eigenvalue weighted by Gasteiger charge is -2.07. The van der Waals surface area contributed by atoms with Gasteiger partial charge in [0.1, 0.15) is 5.75 Å². The Hall–Kier alpha value is -2.33. The highest BCUT2D eigenvalue weighted by molar-refractivity contribution is 7.89. The van der Waals surface area contributed by atoms with E-state index in [9.17, 15) is 8.42 Å². The van der Waals surface area contributed by atoms with Crippen LogP contribution < -0.4 is 4.74 Å². The van der Waals surface area contributed by atoms with Crippen LogP contribution in [0.4, 0.5) is 0 Å². The van der Waals surface area contributed by atoms with Crippen LogP contribution in [0.15, 0.2) is 30.6 Å². The first-order chi connectivity index (χ1) is 10.0. The van der Waals surface area contributed by atoms with Crippen molar-refractivity contribution < 1.29 is 13.2 Å². The van der Waals surface area contributed by atoms with Crippen LogP contribution in [0.3, 0.4) is 0 Å². The number of ether oxygens (including phenoxy) is 1. The van der Waals surface area contributed by atoms with Crippen LogP contribution in [0.2, 0.25) is 0 Å². The zero-order chi connectivity index (χ0) is 15.5. The summed E-state index contributed by atoms with van der Waals surface area (Å²) >= 11 is 0. The van der Waals surface area contributed by atoms with Crippen LogP contribution in [0.25, 0.3) is 11.1 Å². The molecule has 0 amide bonds. The third-order valence-electron chi connectivity index (χ3n) is 3.09. The van der Waals surface area contributed by atoms with E-state index < -0.39 is 10.0 Å². The summed E-state index contributed by atoms with van der Waals surface area (Å²) in [6.45, 7) is 1.56. The quantitative estimate of drug-likeness (QED) is 0.841. The highest BCUT2D eigenvalue weighted by Gasteiger charge is 2.13. The Balaban J connectivity index is 2.44. The molecule has 21 heavy (non-hydrogen) atoms. The van der Waals surface area contributed by atoms with Crippen LogP contribution >= 0.6 is 0 Å². The molecule has 0 bridgehead atoms. The third-order valence-corrected chi connectivity index (χ3v) is 4.59. The molecule has 0 aliphatic carbocycles. The molecule has 2 aromatic rings. The molecule has 6 nitrogen and oxygen atoms in total. The maximum Gasteiger partial charge on any atom is 0.253 e. The average molecular weight is 305 g/mol. The van der Waals surface area contributed by atoms with Crippen LogP contribution in [-0.4, -0.2) is 30.5 Å². The predicted molar refractivity (Wildman–Crippen MR) is 78.4 cm³/mol. The number of nitriles is 1. The summed E-state index contributed by atoms with van der Waals surface area (Å²) in [5.41, 5.74) is 2.22. The largest absolute Gasteiger partial charge is 0.496 e. The van der Waals surface area contributed by atoms with Crippen LogP contribution in [0.5, 0.6) is 5.75 Å². The molecular weight excluding hydrogens is 290 g/mol. The van der Waals surface area contributed by atoms with Crippen molar-refractivity contribution >= 4 is 10.0 Å². The van der Waals surface area contributed by atoms with Gasteiger partial charge in [-0.1, -0.05) is 6.07 Å². The Labute approximate surface area is 123 Å². The number of benzene rings is 1. The van der Waals surface area contributed by atoms with Gasteiger partial charge >= 0.3 is 0 Å². The van der Waals surface area contributed by atoms with Gasteiger partial charge in [0.15, 0.2) is 0 Å². The topological polar surface area (TPSA) is 85.0 Å². The van der Waals surface area contributed by atoms with Crippen LogP contribution in [0.1, 0.15) is 12.5 Å². The lowest BCUT2D eigenvalue weighted by molar-refractivity contribution is 0.411. The van der Waals surface area contributed by atoms with Crippen molar-refractivity contribution in [2.75, 3.05) is 12.9 Å². The maximum atomic E-state index is 11.8. The van der Waals surface area contributed by atoms with E-state index in [-0.39, 0.29) is 12.2 Å². The molecule has 0 aliphatic heterocycles. The van der Waals surface area contributed by atoms with E-state index in [0.29, 0.717) is 11.3 Å². The van der Waals surface area contributed by atoms with Gasteiger partial charge in [-0.2, -0.15) is 14.4 Å². The lowest BCUT2D eigenvalue weighted by atomic mass is 10.0. The molecule has 0 unspecified atom stereocenters. The first-order valence-electron chi connectivity index (χ1n) is 6.34. The summed E-state index contributed by atoms with van der Waals surface area (Å²) in [4.78, 5) is 0. The van der Waals surface area contributed by atoms with Crippen LogP contribution in [0, 0.1) is 11.3 Å². The molecule has 1 aromatic heterocycles.